The Morgan fingerprint density at radius 2 is 1.91 bits per heavy atom. The minimum atomic E-state index is -0.229. The van der Waals surface area contributed by atoms with Crippen molar-refractivity contribution in [1.29, 1.82) is 0 Å². The minimum absolute atomic E-state index is 0.0755. The number of hydrogen-bond donors (Lipinski definition) is 1. The predicted octanol–water partition coefficient (Wildman–Crippen LogP) is 4.64. The Kier molecular flexibility index (Phi) is 4.71. The van der Waals surface area contributed by atoms with E-state index in [0.717, 1.165) is 21.6 Å². The first-order valence-corrected chi connectivity index (χ1v) is 8.32. The van der Waals surface area contributed by atoms with Crippen LogP contribution < -0.4 is 5.32 Å². The van der Waals surface area contributed by atoms with Gasteiger partial charge in [0, 0.05) is 11.6 Å². The first-order chi connectivity index (χ1) is 10.1. The average Bonchev–Trinajstić information content (AvgIpc) is 2.75. The summed E-state index contributed by atoms with van der Waals surface area (Å²) in [4.78, 5) is 16.6. The summed E-state index contributed by atoms with van der Waals surface area (Å²) in [6.45, 7) is 10.6. The molecular weight excluding hydrogens is 292 g/mol. The van der Waals surface area contributed by atoms with E-state index in [-0.39, 0.29) is 16.9 Å². The van der Waals surface area contributed by atoms with Crippen LogP contribution >= 0.6 is 11.3 Å². The Labute approximate surface area is 136 Å². The van der Waals surface area contributed by atoms with Gasteiger partial charge in [-0.2, -0.15) is 0 Å². The molecule has 0 fully saturated rings. The molecule has 118 valence electrons. The van der Waals surface area contributed by atoms with Crippen LogP contribution in [0.25, 0.3) is 16.3 Å². The summed E-state index contributed by atoms with van der Waals surface area (Å²) in [6.07, 6.45) is 4.27. The number of para-hydroxylation sites is 1. The molecule has 0 spiro atoms. The van der Waals surface area contributed by atoms with Crippen LogP contribution in [0.3, 0.4) is 0 Å². The molecule has 2 aromatic rings. The summed E-state index contributed by atoms with van der Waals surface area (Å²) in [5.74, 6) is -0.0755. The van der Waals surface area contributed by atoms with Crippen LogP contribution in [-0.2, 0) is 4.79 Å². The van der Waals surface area contributed by atoms with Crippen LogP contribution in [0, 0.1) is 5.41 Å². The molecule has 4 heteroatoms. The van der Waals surface area contributed by atoms with Crippen molar-refractivity contribution < 1.29 is 4.79 Å². The van der Waals surface area contributed by atoms with Crippen molar-refractivity contribution in [3.63, 3.8) is 0 Å². The quantitative estimate of drug-likeness (QED) is 0.835. The Bertz CT molecular complexity index is 659. The molecule has 0 aliphatic heterocycles. The number of nitrogens with zero attached hydrogens (tertiary/aromatic N) is 1. The molecule has 0 aliphatic rings. The molecule has 2 rings (SSSR count). The highest BCUT2D eigenvalue weighted by Crippen LogP contribution is 2.27. The van der Waals surface area contributed by atoms with Crippen molar-refractivity contribution in [1.82, 2.24) is 10.3 Å². The van der Waals surface area contributed by atoms with Gasteiger partial charge in [-0.1, -0.05) is 32.9 Å². The van der Waals surface area contributed by atoms with Gasteiger partial charge in [0.25, 0.3) is 0 Å². The van der Waals surface area contributed by atoms with Gasteiger partial charge in [0.05, 0.1) is 10.2 Å². The van der Waals surface area contributed by atoms with Gasteiger partial charge in [-0.05, 0) is 43.9 Å². The second kappa shape index (κ2) is 6.21. The normalized spacial score (nSPS) is 13.0. The monoisotopic (exact) mass is 316 g/mol. The van der Waals surface area contributed by atoms with Gasteiger partial charge in [0.1, 0.15) is 5.01 Å². The Morgan fingerprint density at radius 3 is 2.55 bits per heavy atom. The molecule has 1 aromatic carbocycles. The van der Waals surface area contributed by atoms with Crippen molar-refractivity contribution in [2.24, 2.45) is 5.41 Å². The molecular formula is C18H24N2OS. The van der Waals surface area contributed by atoms with Crippen molar-refractivity contribution in [2.75, 3.05) is 0 Å². The number of nitrogens with one attached hydrogen (secondary N) is 1. The molecule has 0 aliphatic carbocycles. The number of amides is 1. The molecule has 0 saturated carbocycles. The van der Waals surface area contributed by atoms with Crippen LogP contribution in [0.1, 0.15) is 46.0 Å². The lowest BCUT2D eigenvalue weighted by Gasteiger charge is -2.32. The van der Waals surface area contributed by atoms with E-state index < -0.39 is 0 Å². The van der Waals surface area contributed by atoms with Crippen LogP contribution in [0.5, 0.6) is 0 Å². The van der Waals surface area contributed by atoms with Gasteiger partial charge in [0.2, 0.25) is 5.91 Å². The van der Waals surface area contributed by atoms with Gasteiger partial charge in [-0.25, -0.2) is 4.98 Å². The van der Waals surface area contributed by atoms with E-state index >= 15 is 0 Å². The standard InChI is InChI=1S/C18H24N2OS/c1-17(2,3)12-18(4,5)20-15(21)10-11-16-19-13-8-6-7-9-14(13)22-16/h6-11H,12H2,1-5H3,(H,20,21). The number of thiazole rings is 1. The maximum absolute atomic E-state index is 12.1. The van der Waals surface area contributed by atoms with E-state index in [1.54, 1.807) is 23.5 Å². The summed E-state index contributed by atoms with van der Waals surface area (Å²) in [6, 6.07) is 7.99. The topological polar surface area (TPSA) is 42.0 Å². The highest BCUT2D eigenvalue weighted by atomic mass is 32.1. The van der Waals surface area contributed by atoms with Gasteiger partial charge < -0.3 is 5.32 Å². The lowest BCUT2D eigenvalue weighted by Crippen LogP contribution is -2.45. The number of benzene rings is 1. The number of aromatic nitrogens is 1. The molecule has 1 heterocycles. The summed E-state index contributed by atoms with van der Waals surface area (Å²) in [5, 5.41) is 3.92. The number of hydrogen-bond acceptors (Lipinski definition) is 3. The van der Waals surface area contributed by atoms with Gasteiger partial charge in [-0.15, -0.1) is 11.3 Å². The van der Waals surface area contributed by atoms with Crippen molar-refractivity contribution in [2.45, 2.75) is 46.6 Å². The average molecular weight is 316 g/mol. The van der Waals surface area contributed by atoms with Gasteiger partial charge >= 0.3 is 0 Å². The van der Waals surface area contributed by atoms with E-state index in [9.17, 15) is 4.79 Å². The van der Waals surface area contributed by atoms with E-state index in [0.29, 0.717) is 0 Å². The molecule has 22 heavy (non-hydrogen) atoms. The van der Waals surface area contributed by atoms with Crippen LogP contribution in [0.4, 0.5) is 0 Å². The SMILES string of the molecule is CC(C)(C)CC(C)(C)NC(=O)C=Cc1nc2ccccc2s1. The number of rotatable bonds is 4. The lowest BCUT2D eigenvalue weighted by atomic mass is 9.82. The maximum atomic E-state index is 12.1. The zero-order valence-corrected chi connectivity index (χ0v) is 14.8. The van der Waals surface area contributed by atoms with Crippen molar-refractivity contribution >= 4 is 33.5 Å². The summed E-state index contributed by atoms with van der Waals surface area (Å²) < 4.78 is 1.13. The summed E-state index contributed by atoms with van der Waals surface area (Å²) in [5.41, 5.74) is 0.918. The fourth-order valence-electron chi connectivity index (χ4n) is 2.85. The van der Waals surface area contributed by atoms with E-state index in [2.05, 4.69) is 44.9 Å². The van der Waals surface area contributed by atoms with Crippen molar-refractivity contribution in [3.05, 3.63) is 35.3 Å². The van der Waals surface area contributed by atoms with Crippen molar-refractivity contribution in [3.8, 4) is 0 Å². The number of fused-ring (bicyclic) bond motifs is 1. The smallest absolute Gasteiger partial charge is 0.244 e. The van der Waals surface area contributed by atoms with Gasteiger partial charge in [0.15, 0.2) is 0 Å². The lowest BCUT2D eigenvalue weighted by molar-refractivity contribution is -0.118. The van der Waals surface area contributed by atoms with Crippen LogP contribution in [0.2, 0.25) is 0 Å². The molecule has 0 unspecified atom stereocenters. The summed E-state index contributed by atoms with van der Waals surface area (Å²) in [7, 11) is 0. The summed E-state index contributed by atoms with van der Waals surface area (Å²) >= 11 is 1.59. The third-order valence-electron chi connectivity index (χ3n) is 3.12. The fourth-order valence-corrected chi connectivity index (χ4v) is 3.72. The highest BCUT2D eigenvalue weighted by Gasteiger charge is 2.26. The fraction of sp³-hybridized carbons (Fsp3) is 0.444. The van der Waals surface area contributed by atoms with Gasteiger partial charge in [-0.3, -0.25) is 4.79 Å². The molecule has 3 nitrogen and oxygen atoms in total. The third kappa shape index (κ3) is 4.95. The zero-order chi connectivity index (χ0) is 16.4. The first kappa shape index (κ1) is 16.7. The maximum Gasteiger partial charge on any atom is 0.244 e. The second-order valence-corrected chi connectivity index (χ2v) is 8.53. The molecule has 1 aromatic heterocycles. The Morgan fingerprint density at radius 1 is 1.23 bits per heavy atom. The molecule has 0 atom stereocenters. The largest absolute Gasteiger partial charge is 0.348 e. The van der Waals surface area contributed by atoms with Crippen LogP contribution in [-0.4, -0.2) is 16.4 Å². The molecule has 1 amide bonds. The molecule has 0 saturated heterocycles. The Hall–Kier alpha value is -1.68. The van der Waals surface area contributed by atoms with E-state index in [1.807, 2.05) is 24.3 Å². The first-order valence-electron chi connectivity index (χ1n) is 7.50. The second-order valence-electron chi connectivity index (χ2n) is 7.46. The number of carbonyl (C=O) groups excluding carboxylic acids is 1. The molecule has 0 radical (unpaired) electrons. The third-order valence-corrected chi connectivity index (χ3v) is 4.12. The predicted molar refractivity (Wildman–Crippen MR) is 94.9 cm³/mol. The highest BCUT2D eigenvalue weighted by molar-refractivity contribution is 7.19. The Balaban J connectivity index is 2.02. The molecule has 0 bridgehead atoms. The zero-order valence-electron chi connectivity index (χ0n) is 13.9. The minimum Gasteiger partial charge on any atom is -0.348 e. The van der Waals surface area contributed by atoms with E-state index in [1.165, 1.54) is 0 Å². The number of carbonyl (C=O) groups is 1. The molecule has 1 N–H and O–H groups in total. The van der Waals surface area contributed by atoms with Crippen LogP contribution in [0.15, 0.2) is 30.3 Å². The van der Waals surface area contributed by atoms with E-state index in [4.69, 9.17) is 0 Å².